The quantitative estimate of drug-likeness (QED) is 0.932. The predicted octanol–water partition coefficient (Wildman–Crippen LogP) is 3.62. The van der Waals surface area contributed by atoms with Crippen LogP contribution in [0, 0.1) is 5.82 Å². The number of fused-ring (bicyclic) bond motifs is 1. The molecule has 1 aromatic carbocycles. The molecule has 1 aromatic heterocycles. The molecular weight excluding hydrogens is 273 g/mol. The molecule has 86 valence electrons. The maximum atomic E-state index is 13.8. The fourth-order valence-electron chi connectivity index (χ4n) is 1.92. The molecule has 2 nitrogen and oxygen atoms in total. The normalized spacial score (nSPS) is 11.2. The van der Waals surface area contributed by atoms with Crippen LogP contribution in [0.2, 0.25) is 0 Å². The van der Waals surface area contributed by atoms with Crippen LogP contribution in [0.1, 0.15) is 18.2 Å². The van der Waals surface area contributed by atoms with Crippen molar-refractivity contribution in [2.24, 2.45) is 0 Å². The summed E-state index contributed by atoms with van der Waals surface area (Å²) in [7, 11) is 1.85. The summed E-state index contributed by atoms with van der Waals surface area (Å²) < 4.78 is 20.3. The fourth-order valence-corrected chi connectivity index (χ4v) is 2.33. The first-order chi connectivity index (χ1) is 7.69. The van der Waals surface area contributed by atoms with Gasteiger partial charge in [-0.1, -0.05) is 6.92 Å². The molecule has 0 saturated carbocycles. The van der Waals surface area contributed by atoms with E-state index in [1.165, 1.54) is 6.07 Å². The second-order valence-corrected chi connectivity index (χ2v) is 4.48. The highest BCUT2D eigenvalue weighted by Gasteiger charge is 2.17. The van der Waals surface area contributed by atoms with E-state index in [4.69, 9.17) is 4.42 Å². The van der Waals surface area contributed by atoms with Crippen molar-refractivity contribution >= 4 is 26.9 Å². The highest BCUT2D eigenvalue weighted by Crippen LogP contribution is 2.33. The minimum atomic E-state index is -0.221. The van der Waals surface area contributed by atoms with Crippen molar-refractivity contribution in [3.63, 3.8) is 0 Å². The van der Waals surface area contributed by atoms with Crippen LogP contribution < -0.4 is 5.32 Å². The van der Waals surface area contributed by atoms with Gasteiger partial charge >= 0.3 is 0 Å². The van der Waals surface area contributed by atoms with E-state index < -0.39 is 0 Å². The lowest BCUT2D eigenvalue weighted by molar-refractivity contribution is 0.523. The predicted molar refractivity (Wildman–Crippen MR) is 66.0 cm³/mol. The molecule has 0 spiro atoms. The average Bonchev–Trinajstić information content (AvgIpc) is 2.64. The van der Waals surface area contributed by atoms with Crippen LogP contribution in [0.4, 0.5) is 4.39 Å². The molecule has 0 aliphatic heterocycles. The number of halogens is 2. The van der Waals surface area contributed by atoms with E-state index in [0.717, 1.165) is 22.2 Å². The van der Waals surface area contributed by atoms with Gasteiger partial charge < -0.3 is 9.73 Å². The van der Waals surface area contributed by atoms with Crippen LogP contribution in [0.25, 0.3) is 11.0 Å². The second kappa shape index (κ2) is 4.55. The molecular formula is C12H13BrFNO. The van der Waals surface area contributed by atoms with Gasteiger partial charge in [0.05, 0.1) is 16.4 Å². The van der Waals surface area contributed by atoms with Crippen LogP contribution in [0.15, 0.2) is 21.0 Å². The zero-order valence-electron chi connectivity index (χ0n) is 9.23. The summed E-state index contributed by atoms with van der Waals surface area (Å²) in [5, 5.41) is 3.63. The Morgan fingerprint density at radius 1 is 1.44 bits per heavy atom. The summed E-state index contributed by atoms with van der Waals surface area (Å²) >= 11 is 3.38. The minimum absolute atomic E-state index is 0.221. The monoisotopic (exact) mass is 285 g/mol. The van der Waals surface area contributed by atoms with Crippen molar-refractivity contribution in [3.8, 4) is 0 Å². The largest absolute Gasteiger partial charge is 0.458 e. The molecule has 4 heteroatoms. The van der Waals surface area contributed by atoms with Gasteiger partial charge in [-0.05, 0) is 41.5 Å². The molecule has 0 saturated heterocycles. The Kier molecular flexibility index (Phi) is 3.30. The summed E-state index contributed by atoms with van der Waals surface area (Å²) in [6, 6.07) is 3.13. The molecule has 2 rings (SSSR count). The maximum Gasteiger partial charge on any atom is 0.151 e. The first kappa shape index (κ1) is 11.6. The summed E-state index contributed by atoms with van der Waals surface area (Å²) in [4.78, 5) is 0. The summed E-state index contributed by atoms with van der Waals surface area (Å²) in [6.07, 6.45) is 0.761. The van der Waals surface area contributed by atoms with Crippen molar-refractivity contribution in [1.82, 2.24) is 5.32 Å². The van der Waals surface area contributed by atoms with E-state index in [-0.39, 0.29) is 5.82 Å². The van der Waals surface area contributed by atoms with Crippen molar-refractivity contribution in [2.45, 2.75) is 19.9 Å². The summed E-state index contributed by atoms with van der Waals surface area (Å²) in [5.74, 6) is 0.590. The number of hydrogen-bond acceptors (Lipinski definition) is 2. The molecule has 1 heterocycles. The van der Waals surface area contributed by atoms with Gasteiger partial charge in [-0.2, -0.15) is 0 Å². The standard InChI is InChI=1S/C12H13BrFNO/c1-3-7-10(6-15-2)16-12-8(13)4-5-9(14)11(7)12/h4-5,15H,3,6H2,1-2H3. The van der Waals surface area contributed by atoms with E-state index in [9.17, 15) is 4.39 Å². The van der Waals surface area contributed by atoms with Crippen molar-refractivity contribution in [2.75, 3.05) is 7.05 Å². The van der Waals surface area contributed by atoms with Gasteiger partial charge in [0.15, 0.2) is 5.58 Å². The molecule has 0 bridgehead atoms. The van der Waals surface area contributed by atoms with Crippen molar-refractivity contribution < 1.29 is 8.81 Å². The SMILES string of the molecule is CCc1c(CNC)oc2c(Br)ccc(F)c12. The number of nitrogens with one attached hydrogen (secondary N) is 1. The van der Waals surface area contributed by atoms with E-state index in [2.05, 4.69) is 21.2 Å². The van der Waals surface area contributed by atoms with Gasteiger partial charge in [-0.25, -0.2) is 4.39 Å². The first-order valence-corrected chi connectivity index (χ1v) is 6.01. The third kappa shape index (κ3) is 1.76. The van der Waals surface area contributed by atoms with Gasteiger partial charge in [0.2, 0.25) is 0 Å². The van der Waals surface area contributed by atoms with E-state index >= 15 is 0 Å². The van der Waals surface area contributed by atoms with E-state index in [1.807, 2.05) is 14.0 Å². The molecule has 2 aromatic rings. The Balaban J connectivity index is 2.76. The Bertz CT molecular complexity index is 521. The molecule has 0 radical (unpaired) electrons. The molecule has 0 amide bonds. The Morgan fingerprint density at radius 3 is 2.81 bits per heavy atom. The lowest BCUT2D eigenvalue weighted by atomic mass is 10.1. The van der Waals surface area contributed by atoms with Gasteiger partial charge in [-0.3, -0.25) is 0 Å². The smallest absolute Gasteiger partial charge is 0.151 e. The molecule has 0 aliphatic rings. The Labute approximate surface area is 102 Å². The molecule has 0 atom stereocenters. The van der Waals surface area contributed by atoms with E-state index in [1.54, 1.807) is 6.07 Å². The lowest BCUT2D eigenvalue weighted by Gasteiger charge is -1.98. The zero-order valence-corrected chi connectivity index (χ0v) is 10.8. The molecule has 16 heavy (non-hydrogen) atoms. The number of benzene rings is 1. The lowest BCUT2D eigenvalue weighted by Crippen LogP contribution is -2.05. The fraction of sp³-hybridized carbons (Fsp3) is 0.333. The van der Waals surface area contributed by atoms with Gasteiger partial charge in [0.1, 0.15) is 11.6 Å². The highest BCUT2D eigenvalue weighted by atomic mass is 79.9. The first-order valence-electron chi connectivity index (χ1n) is 5.21. The third-order valence-corrected chi connectivity index (χ3v) is 3.24. The number of aryl methyl sites for hydroxylation is 1. The number of hydrogen-bond donors (Lipinski definition) is 1. The third-order valence-electron chi connectivity index (χ3n) is 2.61. The van der Waals surface area contributed by atoms with Crippen LogP contribution in [0.3, 0.4) is 0 Å². The van der Waals surface area contributed by atoms with Crippen LogP contribution >= 0.6 is 15.9 Å². The summed E-state index contributed by atoms with van der Waals surface area (Å²) in [5.41, 5.74) is 1.55. The highest BCUT2D eigenvalue weighted by molar-refractivity contribution is 9.10. The van der Waals surface area contributed by atoms with Gasteiger partial charge in [0, 0.05) is 5.56 Å². The van der Waals surface area contributed by atoms with Crippen LogP contribution in [0.5, 0.6) is 0 Å². The molecule has 1 N–H and O–H groups in total. The summed E-state index contributed by atoms with van der Waals surface area (Å²) in [6.45, 7) is 2.62. The number of rotatable bonds is 3. The van der Waals surface area contributed by atoms with Gasteiger partial charge in [-0.15, -0.1) is 0 Å². The topological polar surface area (TPSA) is 25.2 Å². The minimum Gasteiger partial charge on any atom is -0.458 e. The number of furan rings is 1. The molecule has 0 unspecified atom stereocenters. The van der Waals surface area contributed by atoms with Crippen molar-refractivity contribution in [3.05, 3.63) is 33.7 Å². The van der Waals surface area contributed by atoms with Crippen molar-refractivity contribution in [1.29, 1.82) is 0 Å². The maximum absolute atomic E-state index is 13.8. The van der Waals surface area contributed by atoms with E-state index in [0.29, 0.717) is 17.5 Å². The van der Waals surface area contributed by atoms with Crippen LogP contribution in [-0.2, 0) is 13.0 Å². The average molecular weight is 286 g/mol. The molecule has 0 aliphatic carbocycles. The van der Waals surface area contributed by atoms with Crippen LogP contribution in [-0.4, -0.2) is 7.05 Å². The Morgan fingerprint density at radius 2 is 2.19 bits per heavy atom. The molecule has 0 fully saturated rings. The zero-order chi connectivity index (χ0) is 11.7. The van der Waals surface area contributed by atoms with Gasteiger partial charge in [0.25, 0.3) is 0 Å². The second-order valence-electron chi connectivity index (χ2n) is 3.62. The Hall–Kier alpha value is -0.870.